The number of carbonyl (C=O) groups excluding carboxylic acids is 1. The van der Waals surface area contributed by atoms with Gasteiger partial charge in [-0.1, -0.05) is 12.1 Å². The van der Waals surface area contributed by atoms with Gasteiger partial charge < -0.3 is 4.90 Å². The van der Waals surface area contributed by atoms with Crippen LogP contribution in [0.15, 0.2) is 23.2 Å². The molecule has 0 spiro atoms. The molecule has 2 heterocycles. The third-order valence-electron chi connectivity index (χ3n) is 3.96. The number of fused-ring (bicyclic) bond motifs is 1. The van der Waals surface area contributed by atoms with Crippen LogP contribution in [0, 0.1) is 13.8 Å². The van der Waals surface area contributed by atoms with Crippen molar-refractivity contribution in [1.29, 1.82) is 0 Å². The van der Waals surface area contributed by atoms with Crippen LogP contribution in [0.1, 0.15) is 29.5 Å². The smallest absolute Gasteiger partial charge is 0.231 e. The fraction of sp³-hybridized carbons (Fsp3) is 0.467. The van der Waals surface area contributed by atoms with Gasteiger partial charge in [0.1, 0.15) is 0 Å². The lowest BCUT2D eigenvalue weighted by Crippen LogP contribution is -2.55. The first-order valence-electron chi connectivity index (χ1n) is 6.82. The molecule has 0 saturated carbocycles. The number of rotatable bonds is 1. The molecule has 1 atom stereocenters. The number of hydrogen-bond acceptors (Lipinski definition) is 3. The number of amides is 1. The Bertz CT molecular complexity index is 550. The SMILES string of the molecule is Cc1ccc(C2=NC3NCCCN3C(=O)C2)cc1C. The van der Waals surface area contributed by atoms with E-state index in [1.807, 2.05) is 4.90 Å². The van der Waals surface area contributed by atoms with Crippen LogP contribution in [-0.2, 0) is 4.79 Å². The molecule has 0 aromatic heterocycles. The van der Waals surface area contributed by atoms with Crippen LogP contribution in [0.2, 0.25) is 0 Å². The van der Waals surface area contributed by atoms with E-state index in [1.165, 1.54) is 11.1 Å². The highest BCUT2D eigenvalue weighted by atomic mass is 16.2. The van der Waals surface area contributed by atoms with Gasteiger partial charge in [0.2, 0.25) is 5.91 Å². The maximum absolute atomic E-state index is 12.2. The number of hydrogen-bond donors (Lipinski definition) is 1. The lowest BCUT2D eigenvalue weighted by molar-refractivity contribution is -0.134. The van der Waals surface area contributed by atoms with Crippen LogP contribution < -0.4 is 5.32 Å². The van der Waals surface area contributed by atoms with Gasteiger partial charge in [-0.2, -0.15) is 0 Å². The molecule has 4 nitrogen and oxygen atoms in total. The number of nitrogens with zero attached hydrogens (tertiary/aromatic N) is 2. The Hall–Kier alpha value is -1.68. The quantitative estimate of drug-likeness (QED) is 0.830. The molecule has 2 aliphatic rings. The maximum Gasteiger partial charge on any atom is 0.231 e. The van der Waals surface area contributed by atoms with Gasteiger partial charge in [0, 0.05) is 13.1 Å². The molecule has 1 aromatic carbocycles. The second-order valence-corrected chi connectivity index (χ2v) is 5.32. The van der Waals surface area contributed by atoms with Crippen molar-refractivity contribution >= 4 is 11.6 Å². The zero-order valence-corrected chi connectivity index (χ0v) is 11.4. The van der Waals surface area contributed by atoms with Crippen molar-refractivity contribution < 1.29 is 4.79 Å². The predicted molar refractivity (Wildman–Crippen MR) is 75.2 cm³/mol. The van der Waals surface area contributed by atoms with E-state index in [0.717, 1.165) is 30.8 Å². The fourth-order valence-electron chi connectivity index (χ4n) is 2.63. The van der Waals surface area contributed by atoms with Crippen LogP contribution in [-0.4, -0.2) is 35.9 Å². The molecule has 1 unspecified atom stereocenters. The standard InChI is InChI=1S/C15H19N3O/c1-10-4-5-12(8-11(10)2)13-9-14(19)18-7-3-6-16-15(18)17-13/h4-5,8,15-16H,3,6-7,9H2,1-2H3. The average molecular weight is 257 g/mol. The molecule has 19 heavy (non-hydrogen) atoms. The molecule has 2 aliphatic heterocycles. The van der Waals surface area contributed by atoms with Gasteiger partial charge in [-0.15, -0.1) is 0 Å². The number of aryl methyl sites for hydroxylation is 2. The molecule has 3 rings (SSSR count). The molecule has 1 fully saturated rings. The van der Waals surface area contributed by atoms with E-state index in [4.69, 9.17) is 4.99 Å². The van der Waals surface area contributed by atoms with E-state index in [-0.39, 0.29) is 12.2 Å². The zero-order chi connectivity index (χ0) is 13.4. The first-order valence-corrected chi connectivity index (χ1v) is 6.82. The Kier molecular flexibility index (Phi) is 3.11. The molecule has 4 heteroatoms. The molecular formula is C15H19N3O. The van der Waals surface area contributed by atoms with Gasteiger partial charge in [0.05, 0.1) is 12.1 Å². The Morgan fingerprint density at radius 2 is 2.16 bits per heavy atom. The minimum absolute atomic E-state index is 0.161. The summed E-state index contributed by atoms with van der Waals surface area (Å²) in [5.74, 6) is 0.181. The summed E-state index contributed by atoms with van der Waals surface area (Å²) in [5, 5.41) is 3.29. The van der Waals surface area contributed by atoms with Gasteiger partial charge >= 0.3 is 0 Å². The van der Waals surface area contributed by atoms with Crippen molar-refractivity contribution in [2.75, 3.05) is 13.1 Å². The summed E-state index contributed by atoms with van der Waals surface area (Å²) < 4.78 is 0. The monoisotopic (exact) mass is 257 g/mol. The van der Waals surface area contributed by atoms with Crippen molar-refractivity contribution in [3.63, 3.8) is 0 Å². The van der Waals surface area contributed by atoms with Crippen molar-refractivity contribution in [3.8, 4) is 0 Å². The summed E-state index contributed by atoms with van der Waals surface area (Å²) in [5.41, 5.74) is 4.49. The fourth-order valence-corrected chi connectivity index (χ4v) is 2.63. The molecule has 1 N–H and O–H groups in total. The van der Waals surface area contributed by atoms with Gasteiger partial charge in [0.25, 0.3) is 0 Å². The Balaban J connectivity index is 1.94. The molecule has 0 radical (unpaired) electrons. The third kappa shape index (κ3) is 2.28. The molecule has 1 saturated heterocycles. The van der Waals surface area contributed by atoms with Gasteiger partial charge in [-0.3, -0.25) is 10.1 Å². The summed E-state index contributed by atoms with van der Waals surface area (Å²) in [4.78, 5) is 18.7. The van der Waals surface area contributed by atoms with Crippen molar-refractivity contribution in [2.45, 2.75) is 33.0 Å². The van der Waals surface area contributed by atoms with Gasteiger partial charge in [-0.05, 0) is 43.0 Å². The zero-order valence-electron chi connectivity index (χ0n) is 11.4. The summed E-state index contributed by atoms with van der Waals surface area (Å²) in [6, 6.07) is 6.28. The Morgan fingerprint density at radius 1 is 1.32 bits per heavy atom. The average Bonchev–Trinajstić information content (AvgIpc) is 2.42. The highest BCUT2D eigenvalue weighted by Crippen LogP contribution is 2.19. The predicted octanol–water partition coefficient (Wildman–Crippen LogP) is 1.60. The lowest BCUT2D eigenvalue weighted by atomic mass is 10.00. The summed E-state index contributed by atoms with van der Waals surface area (Å²) in [7, 11) is 0. The largest absolute Gasteiger partial charge is 0.308 e. The van der Waals surface area contributed by atoms with E-state index in [9.17, 15) is 4.79 Å². The topological polar surface area (TPSA) is 44.7 Å². The molecule has 0 aliphatic carbocycles. The lowest BCUT2D eigenvalue weighted by Gasteiger charge is -2.37. The number of benzene rings is 1. The van der Waals surface area contributed by atoms with Crippen molar-refractivity contribution in [1.82, 2.24) is 10.2 Å². The molecule has 1 aromatic rings. The normalized spacial score (nSPS) is 23.1. The number of nitrogens with one attached hydrogen (secondary N) is 1. The Labute approximate surface area is 113 Å². The molecule has 100 valence electrons. The molecule has 1 amide bonds. The van der Waals surface area contributed by atoms with Crippen molar-refractivity contribution in [2.24, 2.45) is 4.99 Å². The van der Waals surface area contributed by atoms with E-state index >= 15 is 0 Å². The van der Waals surface area contributed by atoms with Crippen LogP contribution in [0.5, 0.6) is 0 Å². The van der Waals surface area contributed by atoms with E-state index in [0.29, 0.717) is 6.42 Å². The van der Waals surface area contributed by atoms with E-state index in [1.54, 1.807) is 0 Å². The van der Waals surface area contributed by atoms with Crippen LogP contribution in [0.4, 0.5) is 0 Å². The van der Waals surface area contributed by atoms with Gasteiger partial charge in [0.15, 0.2) is 6.29 Å². The summed E-state index contributed by atoms with van der Waals surface area (Å²) >= 11 is 0. The second-order valence-electron chi connectivity index (χ2n) is 5.32. The maximum atomic E-state index is 12.2. The highest BCUT2D eigenvalue weighted by molar-refractivity contribution is 6.12. The van der Waals surface area contributed by atoms with Gasteiger partial charge in [-0.25, -0.2) is 4.99 Å². The number of aliphatic imine (C=N–C) groups is 1. The highest BCUT2D eigenvalue weighted by Gasteiger charge is 2.31. The van der Waals surface area contributed by atoms with Crippen LogP contribution >= 0.6 is 0 Å². The second kappa shape index (κ2) is 4.78. The third-order valence-corrected chi connectivity index (χ3v) is 3.96. The first kappa shape index (κ1) is 12.4. The minimum atomic E-state index is -0.161. The van der Waals surface area contributed by atoms with Crippen molar-refractivity contribution in [3.05, 3.63) is 34.9 Å². The van der Waals surface area contributed by atoms with E-state index in [2.05, 4.69) is 37.4 Å². The molecular weight excluding hydrogens is 238 g/mol. The van der Waals surface area contributed by atoms with Crippen LogP contribution in [0.25, 0.3) is 0 Å². The van der Waals surface area contributed by atoms with E-state index < -0.39 is 0 Å². The Morgan fingerprint density at radius 3 is 2.95 bits per heavy atom. The summed E-state index contributed by atoms with van der Waals surface area (Å²) in [6.45, 7) is 5.94. The number of carbonyl (C=O) groups is 1. The first-order chi connectivity index (χ1) is 9.15. The minimum Gasteiger partial charge on any atom is -0.308 e. The molecule has 0 bridgehead atoms. The summed E-state index contributed by atoms with van der Waals surface area (Å²) in [6.07, 6.45) is 1.27. The van der Waals surface area contributed by atoms with Crippen LogP contribution in [0.3, 0.4) is 0 Å².